The molecular formula is C25H34N6OS. The minimum Gasteiger partial charge on any atom is -0.356 e. The van der Waals surface area contributed by atoms with E-state index in [0.717, 1.165) is 47.3 Å². The molecule has 0 unspecified atom stereocenters. The van der Waals surface area contributed by atoms with Crippen molar-refractivity contribution in [1.29, 1.82) is 0 Å². The molecular weight excluding hydrogens is 432 g/mol. The summed E-state index contributed by atoms with van der Waals surface area (Å²) >= 11 is 1.69. The van der Waals surface area contributed by atoms with Crippen LogP contribution in [0.5, 0.6) is 0 Å². The number of nitrogens with one attached hydrogen (secondary N) is 1. The quantitative estimate of drug-likeness (QED) is 0.384. The molecule has 0 saturated carbocycles. The molecule has 4 rings (SSSR count). The van der Waals surface area contributed by atoms with Gasteiger partial charge in [-0.25, -0.2) is 14.6 Å². The zero-order chi connectivity index (χ0) is 23.4. The lowest BCUT2D eigenvalue weighted by molar-refractivity contribution is 0.0952. The summed E-state index contributed by atoms with van der Waals surface area (Å²) in [6, 6.07) is 7.85. The van der Waals surface area contributed by atoms with E-state index >= 15 is 0 Å². The second kappa shape index (κ2) is 10.1. The maximum atomic E-state index is 12.6. The fourth-order valence-corrected chi connectivity index (χ4v) is 4.70. The second-order valence-electron chi connectivity index (χ2n) is 9.56. The lowest BCUT2D eigenvalue weighted by Crippen LogP contribution is -2.27. The minimum atomic E-state index is -0.0708. The number of anilines is 1. The summed E-state index contributed by atoms with van der Waals surface area (Å²) in [6.07, 6.45) is 5.33. The summed E-state index contributed by atoms with van der Waals surface area (Å²) in [5, 5.41) is 9.39. The Morgan fingerprint density at radius 3 is 2.52 bits per heavy atom. The van der Waals surface area contributed by atoms with Crippen LogP contribution in [0.2, 0.25) is 0 Å². The molecule has 1 N–H and O–H groups in total. The van der Waals surface area contributed by atoms with Crippen molar-refractivity contribution in [3.63, 3.8) is 0 Å². The number of benzene rings is 1. The fraction of sp³-hybridized carbons (Fsp3) is 0.520. The van der Waals surface area contributed by atoms with E-state index in [-0.39, 0.29) is 11.3 Å². The van der Waals surface area contributed by atoms with Gasteiger partial charge in [-0.15, -0.1) is 0 Å². The zero-order valence-corrected chi connectivity index (χ0v) is 20.9. The van der Waals surface area contributed by atoms with Gasteiger partial charge in [-0.05, 0) is 42.4 Å². The predicted octanol–water partition coefficient (Wildman–Crippen LogP) is 4.66. The third-order valence-corrected chi connectivity index (χ3v) is 6.97. The zero-order valence-electron chi connectivity index (χ0n) is 20.1. The number of fused-ring (bicyclic) bond motifs is 1. The van der Waals surface area contributed by atoms with Crippen molar-refractivity contribution < 1.29 is 4.79 Å². The van der Waals surface area contributed by atoms with Crippen LogP contribution >= 0.6 is 11.8 Å². The molecule has 1 saturated heterocycles. The topological polar surface area (TPSA) is 75.9 Å². The van der Waals surface area contributed by atoms with E-state index < -0.39 is 0 Å². The van der Waals surface area contributed by atoms with Crippen molar-refractivity contribution in [1.82, 2.24) is 25.1 Å². The molecule has 2 aromatic heterocycles. The van der Waals surface area contributed by atoms with Crippen LogP contribution in [-0.4, -0.2) is 51.0 Å². The summed E-state index contributed by atoms with van der Waals surface area (Å²) < 4.78 is 1.88. The van der Waals surface area contributed by atoms with Crippen LogP contribution in [0.1, 0.15) is 62.9 Å². The lowest BCUT2D eigenvalue weighted by atomic mass is 9.87. The number of hydrogen-bond donors (Lipinski definition) is 1. The number of thioether (sulfide) groups is 1. The van der Waals surface area contributed by atoms with Gasteiger partial charge in [0.05, 0.1) is 18.1 Å². The van der Waals surface area contributed by atoms with Gasteiger partial charge in [0.25, 0.3) is 5.91 Å². The molecule has 0 atom stereocenters. The Kier molecular flexibility index (Phi) is 7.22. The van der Waals surface area contributed by atoms with Gasteiger partial charge < -0.3 is 10.2 Å². The monoisotopic (exact) mass is 466 g/mol. The van der Waals surface area contributed by atoms with Crippen molar-refractivity contribution in [2.24, 2.45) is 0 Å². The van der Waals surface area contributed by atoms with Crippen LogP contribution in [0.3, 0.4) is 0 Å². The summed E-state index contributed by atoms with van der Waals surface area (Å²) in [5.41, 5.74) is 2.80. The van der Waals surface area contributed by atoms with E-state index in [1.54, 1.807) is 11.8 Å². The highest BCUT2D eigenvalue weighted by Crippen LogP contribution is 2.29. The third-order valence-electron chi connectivity index (χ3n) is 5.92. The molecule has 0 bridgehead atoms. The summed E-state index contributed by atoms with van der Waals surface area (Å²) in [4.78, 5) is 24.6. The smallest absolute Gasteiger partial charge is 0.251 e. The molecule has 1 aliphatic heterocycles. The Bertz CT molecular complexity index is 1100. The Balaban J connectivity index is 1.47. The summed E-state index contributed by atoms with van der Waals surface area (Å²) in [7, 11) is 0. The molecule has 1 amide bonds. The van der Waals surface area contributed by atoms with E-state index in [2.05, 4.69) is 43.0 Å². The van der Waals surface area contributed by atoms with E-state index in [1.165, 1.54) is 18.4 Å². The SMILES string of the molecule is CCCSc1nc(N2CCCC2)c2cnn(CCNC(=O)c3ccc(C(C)(C)C)cc3)c2n1. The van der Waals surface area contributed by atoms with E-state index in [4.69, 9.17) is 9.97 Å². The summed E-state index contributed by atoms with van der Waals surface area (Å²) in [5.74, 6) is 1.91. The molecule has 1 fully saturated rings. The average Bonchev–Trinajstić information content (AvgIpc) is 3.47. The van der Waals surface area contributed by atoms with Crippen LogP contribution in [0.15, 0.2) is 35.6 Å². The van der Waals surface area contributed by atoms with Gasteiger partial charge in [0, 0.05) is 31.0 Å². The van der Waals surface area contributed by atoms with Gasteiger partial charge in [0.2, 0.25) is 0 Å². The highest BCUT2D eigenvalue weighted by molar-refractivity contribution is 7.99. The van der Waals surface area contributed by atoms with Crippen molar-refractivity contribution in [2.45, 2.75) is 64.1 Å². The van der Waals surface area contributed by atoms with Crippen molar-refractivity contribution in [3.8, 4) is 0 Å². The van der Waals surface area contributed by atoms with Crippen LogP contribution in [0.25, 0.3) is 11.0 Å². The number of hydrogen-bond acceptors (Lipinski definition) is 6. The first-order chi connectivity index (χ1) is 15.9. The van der Waals surface area contributed by atoms with E-state index in [1.807, 2.05) is 35.1 Å². The first kappa shape index (κ1) is 23.5. The molecule has 3 heterocycles. The molecule has 33 heavy (non-hydrogen) atoms. The predicted molar refractivity (Wildman–Crippen MR) is 135 cm³/mol. The van der Waals surface area contributed by atoms with Crippen LogP contribution < -0.4 is 10.2 Å². The number of rotatable bonds is 8. The Labute approximate surface area is 200 Å². The highest BCUT2D eigenvalue weighted by Gasteiger charge is 2.21. The molecule has 176 valence electrons. The van der Waals surface area contributed by atoms with Crippen LogP contribution in [0, 0.1) is 0 Å². The van der Waals surface area contributed by atoms with Crippen molar-refractivity contribution >= 4 is 34.5 Å². The number of aromatic nitrogens is 4. The van der Waals surface area contributed by atoms with Crippen molar-refractivity contribution in [3.05, 3.63) is 41.6 Å². The molecule has 0 spiro atoms. The third kappa shape index (κ3) is 5.49. The molecule has 8 heteroatoms. The molecule has 0 radical (unpaired) electrons. The average molecular weight is 467 g/mol. The first-order valence-corrected chi connectivity index (χ1v) is 12.9. The number of carbonyl (C=O) groups is 1. The van der Waals surface area contributed by atoms with Gasteiger partial charge in [-0.2, -0.15) is 5.10 Å². The number of nitrogens with zero attached hydrogens (tertiary/aromatic N) is 5. The lowest BCUT2D eigenvalue weighted by Gasteiger charge is -2.19. The molecule has 0 aliphatic carbocycles. The van der Waals surface area contributed by atoms with Gasteiger partial charge in [0.15, 0.2) is 10.8 Å². The maximum absolute atomic E-state index is 12.6. The maximum Gasteiger partial charge on any atom is 0.251 e. The molecule has 1 aliphatic rings. The van der Waals surface area contributed by atoms with Crippen molar-refractivity contribution in [2.75, 3.05) is 30.3 Å². The van der Waals surface area contributed by atoms with Gasteiger partial charge in [-0.3, -0.25) is 4.79 Å². The minimum absolute atomic E-state index is 0.0696. The summed E-state index contributed by atoms with van der Waals surface area (Å²) in [6.45, 7) is 11.8. The molecule has 1 aromatic carbocycles. The van der Waals surface area contributed by atoms with Crippen LogP contribution in [0.4, 0.5) is 5.82 Å². The number of amides is 1. The molecule has 3 aromatic rings. The van der Waals surface area contributed by atoms with Crippen LogP contribution in [-0.2, 0) is 12.0 Å². The second-order valence-corrected chi connectivity index (χ2v) is 10.6. The fourth-order valence-electron chi connectivity index (χ4n) is 4.01. The first-order valence-electron chi connectivity index (χ1n) is 11.9. The van der Waals surface area contributed by atoms with Gasteiger partial charge in [0.1, 0.15) is 5.82 Å². The highest BCUT2D eigenvalue weighted by atomic mass is 32.2. The van der Waals surface area contributed by atoms with Gasteiger partial charge in [-0.1, -0.05) is 51.6 Å². The van der Waals surface area contributed by atoms with E-state index in [9.17, 15) is 4.79 Å². The van der Waals surface area contributed by atoms with Gasteiger partial charge >= 0.3 is 0 Å². The Morgan fingerprint density at radius 1 is 1.12 bits per heavy atom. The standard InChI is InChI=1S/C25H34N6OS/c1-5-16-33-24-28-21(30-13-6-7-14-30)20-17-27-31(22(20)29-24)15-12-26-23(32)18-8-10-19(11-9-18)25(2,3)4/h8-11,17H,5-7,12-16H2,1-4H3,(H,26,32). The normalized spacial score (nSPS) is 14.2. The van der Waals surface area contributed by atoms with E-state index in [0.29, 0.717) is 18.7 Å². The number of carbonyl (C=O) groups excluding carboxylic acids is 1. The Hall–Kier alpha value is -2.61. The molecule has 7 nitrogen and oxygen atoms in total. The largest absolute Gasteiger partial charge is 0.356 e. The Morgan fingerprint density at radius 2 is 1.85 bits per heavy atom.